The minimum atomic E-state index is 0.682. The van der Waals surface area contributed by atoms with E-state index in [1.807, 2.05) is 0 Å². The molecule has 0 aromatic rings. The fourth-order valence-electron chi connectivity index (χ4n) is 2.07. The van der Waals surface area contributed by atoms with Crippen molar-refractivity contribution < 1.29 is 0 Å². The molecule has 12 heavy (non-hydrogen) atoms. The Labute approximate surface area is 73.5 Å². The van der Waals surface area contributed by atoms with E-state index in [1.165, 1.54) is 24.1 Å². The molecule has 2 heteroatoms. The van der Waals surface area contributed by atoms with Crippen molar-refractivity contribution in [3.8, 4) is 0 Å². The highest BCUT2D eigenvalue weighted by Gasteiger charge is 2.23. The number of hydrogen-bond acceptors (Lipinski definition) is 2. The first kappa shape index (κ1) is 7.87. The van der Waals surface area contributed by atoms with Crippen molar-refractivity contribution in [1.29, 1.82) is 0 Å². The maximum atomic E-state index is 5.56. The Hall–Kier alpha value is -0.760. The van der Waals surface area contributed by atoms with Crippen LogP contribution in [-0.2, 0) is 0 Å². The average Bonchev–Trinajstić information content (AvgIpc) is 2.50. The average molecular weight is 164 g/mol. The summed E-state index contributed by atoms with van der Waals surface area (Å²) in [6.07, 6.45) is 8.07. The van der Waals surface area contributed by atoms with Crippen LogP contribution in [0.15, 0.2) is 23.4 Å². The highest BCUT2D eigenvalue weighted by molar-refractivity contribution is 5.34. The zero-order chi connectivity index (χ0) is 8.39. The van der Waals surface area contributed by atoms with Gasteiger partial charge in [-0.15, -0.1) is 0 Å². The third-order valence-corrected chi connectivity index (χ3v) is 2.72. The Morgan fingerprint density at radius 2 is 2.50 bits per heavy atom. The summed E-state index contributed by atoms with van der Waals surface area (Å²) in [5, 5.41) is 3.47. The van der Waals surface area contributed by atoms with Gasteiger partial charge in [-0.05, 0) is 31.4 Å². The zero-order valence-corrected chi connectivity index (χ0v) is 7.34. The standard InChI is InChI=1S/C10H16N2/c11-6-5-8-7-12-10-4-2-1-3-9(8)10/h1,3,8,12H,2,4-7,11H2. The molecule has 66 valence electrons. The van der Waals surface area contributed by atoms with Crippen molar-refractivity contribution in [2.45, 2.75) is 19.3 Å². The van der Waals surface area contributed by atoms with E-state index in [9.17, 15) is 0 Å². The second kappa shape index (κ2) is 3.31. The van der Waals surface area contributed by atoms with Crippen molar-refractivity contribution in [1.82, 2.24) is 5.32 Å². The van der Waals surface area contributed by atoms with Gasteiger partial charge in [0, 0.05) is 18.2 Å². The van der Waals surface area contributed by atoms with E-state index < -0.39 is 0 Å². The third-order valence-electron chi connectivity index (χ3n) is 2.72. The molecule has 1 heterocycles. The molecule has 1 aliphatic carbocycles. The van der Waals surface area contributed by atoms with Crippen LogP contribution in [0.5, 0.6) is 0 Å². The molecule has 0 radical (unpaired) electrons. The molecular formula is C10H16N2. The Bertz CT molecular complexity index is 228. The molecular weight excluding hydrogens is 148 g/mol. The quantitative estimate of drug-likeness (QED) is 0.642. The summed E-state index contributed by atoms with van der Waals surface area (Å²) in [6, 6.07) is 0. The van der Waals surface area contributed by atoms with E-state index in [0.29, 0.717) is 5.92 Å². The predicted molar refractivity (Wildman–Crippen MR) is 50.6 cm³/mol. The lowest BCUT2D eigenvalue weighted by molar-refractivity contribution is 0.591. The Kier molecular flexibility index (Phi) is 2.17. The summed E-state index contributed by atoms with van der Waals surface area (Å²) in [4.78, 5) is 0. The molecule has 1 aliphatic heterocycles. The molecule has 0 saturated heterocycles. The van der Waals surface area contributed by atoms with Gasteiger partial charge in [0.05, 0.1) is 0 Å². The van der Waals surface area contributed by atoms with Crippen molar-refractivity contribution in [2.75, 3.05) is 13.1 Å². The van der Waals surface area contributed by atoms with E-state index in [-0.39, 0.29) is 0 Å². The first-order valence-corrected chi connectivity index (χ1v) is 4.75. The first-order valence-electron chi connectivity index (χ1n) is 4.75. The maximum absolute atomic E-state index is 5.56. The summed E-state index contributed by atoms with van der Waals surface area (Å²) >= 11 is 0. The molecule has 2 rings (SSSR count). The van der Waals surface area contributed by atoms with Gasteiger partial charge in [-0.1, -0.05) is 12.2 Å². The summed E-state index contributed by atoms with van der Waals surface area (Å²) < 4.78 is 0. The SMILES string of the molecule is NCCC1CNC2=C1C=CCC2. The van der Waals surface area contributed by atoms with Gasteiger partial charge in [-0.25, -0.2) is 0 Å². The van der Waals surface area contributed by atoms with Crippen LogP contribution in [0.1, 0.15) is 19.3 Å². The molecule has 2 nitrogen and oxygen atoms in total. The maximum Gasteiger partial charge on any atom is 0.0214 e. The largest absolute Gasteiger partial charge is 0.387 e. The van der Waals surface area contributed by atoms with E-state index in [2.05, 4.69) is 17.5 Å². The highest BCUT2D eigenvalue weighted by atomic mass is 14.9. The molecule has 1 atom stereocenters. The normalized spacial score (nSPS) is 27.2. The Balaban J connectivity index is 2.11. The number of nitrogens with two attached hydrogens (primary N) is 1. The first-order chi connectivity index (χ1) is 5.92. The summed E-state index contributed by atoms with van der Waals surface area (Å²) in [5.74, 6) is 0.682. The lowest BCUT2D eigenvalue weighted by Gasteiger charge is -2.11. The fourth-order valence-corrected chi connectivity index (χ4v) is 2.07. The van der Waals surface area contributed by atoms with Crippen LogP contribution >= 0.6 is 0 Å². The molecule has 0 bridgehead atoms. The molecule has 0 saturated carbocycles. The van der Waals surface area contributed by atoms with Crippen molar-refractivity contribution >= 4 is 0 Å². The van der Waals surface area contributed by atoms with Gasteiger partial charge in [0.25, 0.3) is 0 Å². The van der Waals surface area contributed by atoms with Gasteiger partial charge >= 0.3 is 0 Å². The van der Waals surface area contributed by atoms with Crippen molar-refractivity contribution in [2.24, 2.45) is 11.7 Å². The van der Waals surface area contributed by atoms with Gasteiger partial charge in [0.15, 0.2) is 0 Å². The molecule has 2 aliphatic rings. The van der Waals surface area contributed by atoms with Crippen LogP contribution in [0.4, 0.5) is 0 Å². The molecule has 0 aromatic heterocycles. The Morgan fingerprint density at radius 1 is 1.58 bits per heavy atom. The smallest absolute Gasteiger partial charge is 0.0214 e. The van der Waals surface area contributed by atoms with E-state index in [1.54, 1.807) is 0 Å². The molecule has 3 N–H and O–H groups in total. The van der Waals surface area contributed by atoms with Crippen LogP contribution in [0.3, 0.4) is 0 Å². The molecule has 0 fully saturated rings. The molecule has 0 spiro atoms. The van der Waals surface area contributed by atoms with Crippen molar-refractivity contribution in [3.63, 3.8) is 0 Å². The number of hydrogen-bond donors (Lipinski definition) is 2. The summed E-state index contributed by atoms with van der Waals surface area (Å²) in [5.41, 5.74) is 8.54. The van der Waals surface area contributed by atoms with E-state index in [0.717, 1.165) is 19.5 Å². The van der Waals surface area contributed by atoms with Crippen LogP contribution in [0.2, 0.25) is 0 Å². The summed E-state index contributed by atoms with van der Waals surface area (Å²) in [7, 11) is 0. The minimum absolute atomic E-state index is 0.682. The topological polar surface area (TPSA) is 38.0 Å². The second-order valence-corrected chi connectivity index (χ2v) is 3.53. The van der Waals surface area contributed by atoms with Gasteiger partial charge in [-0.3, -0.25) is 0 Å². The van der Waals surface area contributed by atoms with Gasteiger partial charge in [0.2, 0.25) is 0 Å². The van der Waals surface area contributed by atoms with Crippen LogP contribution in [-0.4, -0.2) is 13.1 Å². The zero-order valence-electron chi connectivity index (χ0n) is 7.34. The van der Waals surface area contributed by atoms with E-state index in [4.69, 9.17) is 5.73 Å². The van der Waals surface area contributed by atoms with Crippen LogP contribution in [0, 0.1) is 5.92 Å². The molecule has 0 aromatic carbocycles. The van der Waals surface area contributed by atoms with E-state index >= 15 is 0 Å². The van der Waals surface area contributed by atoms with Crippen molar-refractivity contribution in [3.05, 3.63) is 23.4 Å². The molecule has 1 unspecified atom stereocenters. The summed E-state index contributed by atoms with van der Waals surface area (Å²) in [6.45, 7) is 1.91. The number of rotatable bonds is 2. The van der Waals surface area contributed by atoms with Gasteiger partial charge < -0.3 is 11.1 Å². The van der Waals surface area contributed by atoms with Gasteiger partial charge in [-0.2, -0.15) is 0 Å². The predicted octanol–water partition coefficient (Wildman–Crippen LogP) is 1.16. The fraction of sp³-hybridized carbons (Fsp3) is 0.600. The monoisotopic (exact) mass is 164 g/mol. The lowest BCUT2D eigenvalue weighted by atomic mass is 9.93. The second-order valence-electron chi connectivity index (χ2n) is 3.53. The third kappa shape index (κ3) is 1.27. The highest BCUT2D eigenvalue weighted by Crippen LogP contribution is 2.29. The number of allylic oxidation sites excluding steroid dienone is 3. The Morgan fingerprint density at radius 3 is 3.33 bits per heavy atom. The van der Waals surface area contributed by atoms with Gasteiger partial charge in [0.1, 0.15) is 0 Å². The van der Waals surface area contributed by atoms with Crippen LogP contribution in [0.25, 0.3) is 0 Å². The van der Waals surface area contributed by atoms with Crippen LogP contribution < -0.4 is 11.1 Å². The number of nitrogens with one attached hydrogen (secondary N) is 1. The minimum Gasteiger partial charge on any atom is -0.387 e. The lowest BCUT2D eigenvalue weighted by Crippen LogP contribution is -2.15. The molecule has 0 amide bonds.